The van der Waals surface area contributed by atoms with E-state index in [0.717, 1.165) is 5.00 Å². The molecule has 0 saturated heterocycles. The molecule has 1 aromatic heterocycles. The number of hydrogen-bond acceptors (Lipinski definition) is 3. The molecule has 0 aliphatic rings. The van der Waals surface area contributed by atoms with E-state index in [4.69, 9.17) is 4.74 Å². The summed E-state index contributed by atoms with van der Waals surface area (Å²) in [6.07, 6.45) is -0.369. The minimum Gasteiger partial charge on any atom is -0.450 e. The maximum absolute atomic E-state index is 11.4. The zero-order valence-corrected chi connectivity index (χ0v) is 12.0. The minimum absolute atomic E-state index is 0.369. The Kier molecular flexibility index (Phi) is 5.00. The molecule has 0 atom stereocenters. The van der Waals surface area contributed by atoms with Gasteiger partial charge in [0.25, 0.3) is 0 Å². The smallest absolute Gasteiger partial charge is 0.412 e. The predicted octanol–water partition coefficient (Wildman–Crippen LogP) is 4.56. The number of carbonyl (C=O) groups is 1. The minimum atomic E-state index is -0.369. The highest BCUT2D eigenvalue weighted by molar-refractivity contribution is 7.14. The molecule has 0 unspecified atom stereocenters. The lowest BCUT2D eigenvalue weighted by atomic mass is 9.94. The van der Waals surface area contributed by atoms with Gasteiger partial charge < -0.3 is 4.74 Å². The van der Waals surface area contributed by atoms with Crippen LogP contribution in [0.5, 0.6) is 0 Å². The second-order valence-corrected chi connectivity index (χ2v) is 5.47. The van der Waals surface area contributed by atoms with Crippen LogP contribution in [0.4, 0.5) is 9.80 Å². The van der Waals surface area contributed by atoms with Crippen LogP contribution in [0.25, 0.3) is 0 Å². The Morgan fingerprint density at radius 2 is 2.00 bits per heavy atom. The van der Waals surface area contributed by atoms with Crippen molar-refractivity contribution in [2.24, 2.45) is 0 Å². The molecule has 96 valence electrons. The summed E-state index contributed by atoms with van der Waals surface area (Å²) < 4.78 is 4.91. The average Bonchev–Trinajstić information content (AvgIpc) is 2.61. The van der Waals surface area contributed by atoms with Crippen LogP contribution in [0, 0.1) is 0 Å². The lowest BCUT2D eigenvalue weighted by Gasteiger charge is -2.13. The maximum Gasteiger partial charge on any atom is 0.412 e. The first-order valence-electron chi connectivity index (χ1n) is 6.02. The molecule has 4 heteroatoms. The molecule has 0 bridgehead atoms. The molecule has 1 rings (SSSR count). The quantitative estimate of drug-likeness (QED) is 0.856. The first-order valence-corrected chi connectivity index (χ1v) is 6.90. The molecule has 0 radical (unpaired) electrons. The highest BCUT2D eigenvalue weighted by Crippen LogP contribution is 2.37. The molecular formula is C13H21NO2S. The number of hydrogen-bond donors (Lipinski definition) is 1. The second-order valence-electron chi connectivity index (χ2n) is 4.59. The van der Waals surface area contributed by atoms with E-state index in [-0.39, 0.29) is 6.09 Å². The number of thiophene rings is 1. The molecule has 0 aromatic carbocycles. The normalized spacial score (nSPS) is 11.0. The number of ether oxygens (including phenoxy) is 1. The van der Waals surface area contributed by atoms with Gasteiger partial charge in [-0.15, -0.1) is 11.3 Å². The van der Waals surface area contributed by atoms with Gasteiger partial charge in [0.05, 0.1) is 6.61 Å². The van der Waals surface area contributed by atoms with Crippen LogP contribution >= 0.6 is 11.3 Å². The summed E-state index contributed by atoms with van der Waals surface area (Å²) in [7, 11) is 0. The van der Waals surface area contributed by atoms with Crippen molar-refractivity contribution in [3.05, 3.63) is 16.5 Å². The van der Waals surface area contributed by atoms with Crippen LogP contribution in [0.1, 0.15) is 57.6 Å². The third-order valence-electron chi connectivity index (χ3n) is 2.55. The van der Waals surface area contributed by atoms with E-state index in [9.17, 15) is 4.79 Å². The summed E-state index contributed by atoms with van der Waals surface area (Å²) in [6, 6.07) is 0. The van der Waals surface area contributed by atoms with Gasteiger partial charge in [-0.3, -0.25) is 5.32 Å². The Balaban J connectivity index is 2.96. The zero-order valence-electron chi connectivity index (χ0n) is 11.2. The Hall–Kier alpha value is -1.03. The van der Waals surface area contributed by atoms with Gasteiger partial charge in [0.1, 0.15) is 5.00 Å². The van der Waals surface area contributed by atoms with Gasteiger partial charge >= 0.3 is 6.09 Å². The number of carbonyl (C=O) groups excluding carboxylic acids is 1. The van der Waals surface area contributed by atoms with E-state index in [1.54, 1.807) is 18.3 Å². The van der Waals surface area contributed by atoms with Gasteiger partial charge in [0, 0.05) is 0 Å². The molecule has 1 aromatic rings. The molecule has 1 N–H and O–H groups in total. The van der Waals surface area contributed by atoms with Crippen LogP contribution in [0.15, 0.2) is 5.38 Å². The van der Waals surface area contributed by atoms with E-state index in [1.165, 1.54) is 11.1 Å². The topological polar surface area (TPSA) is 38.3 Å². The number of nitrogens with one attached hydrogen (secondary N) is 1. The van der Waals surface area contributed by atoms with Crippen molar-refractivity contribution in [3.8, 4) is 0 Å². The first kappa shape index (κ1) is 14.0. The molecule has 1 heterocycles. The summed E-state index contributed by atoms with van der Waals surface area (Å²) in [5, 5.41) is 5.87. The third-order valence-corrected chi connectivity index (χ3v) is 3.48. The lowest BCUT2D eigenvalue weighted by molar-refractivity contribution is 0.168. The molecule has 0 aliphatic carbocycles. The Labute approximate surface area is 107 Å². The monoisotopic (exact) mass is 255 g/mol. The van der Waals surface area contributed by atoms with Crippen molar-refractivity contribution in [1.29, 1.82) is 0 Å². The van der Waals surface area contributed by atoms with E-state index in [1.807, 2.05) is 0 Å². The first-order chi connectivity index (χ1) is 7.97. The van der Waals surface area contributed by atoms with Crippen LogP contribution < -0.4 is 5.32 Å². The summed E-state index contributed by atoms with van der Waals surface area (Å²) in [6.45, 7) is 10.8. The van der Waals surface area contributed by atoms with Crippen LogP contribution in [0.2, 0.25) is 0 Å². The Morgan fingerprint density at radius 3 is 2.47 bits per heavy atom. The third kappa shape index (κ3) is 3.46. The predicted molar refractivity (Wildman–Crippen MR) is 73.1 cm³/mol. The van der Waals surface area contributed by atoms with Crippen molar-refractivity contribution in [3.63, 3.8) is 0 Å². The van der Waals surface area contributed by atoms with Gasteiger partial charge in [0.2, 0.25) is 0 Å². The molecule has 0 saturated carbocycles. The van der Waals surface area contributed by atoms with E-state index in [2.05, 4.69) is 38.4 Å². The Morgan fingerprint density at radius 1 is 1.35 bits per heavy atom. The zero-order chi connectivity index (χ0) is 13.0. The standard InChI is InChI=1S/C13H21NO2S/c1-6-16-13(15)14-12-11(9(4)5)10(7-17-12)8(2)3/h7-9H,6H2,1-5H3,(H,14,15). The fraction of sp³-hybridized carbons (Fsp3) is 0.615. The number of rotatable bonds is 4. The highest BCUT2D eigenvalue weighted by Gasteiger charge is 2.18. The van der Waals surface area contributed by atoms with Crippen LogP contribution in [0.3, 0.4) is 0 Å². The molecule has 0 spiro atoms. The average molecular weight is 255 g/mol. The van der Waals surface area contributed by atoms with Crippen molar-refractivity contribution in [1.82, 2.24) is 0 Å². The molecule has 3 nitrogen and oxygen atoms in total. The summed E-state index contributed by atoms with van der Waals surface area (Å²) in [4.78, 5) is 11.4. The highest BCUT2D eigenvalue weighted by atomic mass is 32.1. The second kappa shape index (κ2) is 6.05. The molecular weight excluding hydrogens is 234 g/mol. The van der Waals surface area contributed by atoms with Crippen molar-refractivity contribution in [2.45, 2.75) is 46.5 Å². The van der Waals surface area contributed by atoms with Gasteiger partial charge in [-0.05, 0) is 35.3 Å². The SMILES string of the molecule is CCOC(=O)Nc1scc(C(C)C)c1C(C)C. The van der Waals surface area contributed by atoms with E-state index in [0.29, 0.717) is 18.4 Å². The summed E-state index contributed by atoms with van der Waals surface area (Å²) in [5.41, 5.74) is 2.55. The fourth-order valence-corrected chi connectivity index (χ4v) is 3.05. The molecule has 17 heavy (non-hydrogen) atoms. The van der Waals surface area contributed by atoms with Crippen molar-refractivity contribution in [2.75, 3.05) is 11.9 Å². The Bertz CT molecular complexity index is 383. The lowest BCUT2D eigenvalue weighted by Crippen LogP contribution is -2.14. The van der Waals surface area contributed by atoms with E-state index < -0.39 is 0 Å². The fourth-order valence-electron chi connectivity index (χ4n) is 1.78. The van der Waals surface area contributed by atoms with Crippen LogP contribution in [-0.4, -0.2) is 12.7 Å². The number of amides is 1. The maximum atomic E-state index is 11.4. The molecule has 1 amide bonds. The van der Waals surface area contributed by atoms with Crippen molar-refractivity contribution < 1.29 is 9.53 Å². The van der Waals surface area contributed by atoms with Crippen molar-refractivity contribution >= 4 is 22.4 Å². The largest absolute Gasteiger partial charge is 0.450 e. The van der Waals surface area contributed by atoms with Gasteiger partial charge in [0.15, 0.2) is 0 Å². The summed E-state index contributed by atoms with van der Waals surface area (Å²) >= 11 is 1.58. The number of anilines is 1. The van der Waals surface area contributed by atoms with E-state index >= 15 is 0 Å². The molecule has 0 fully saturated rings. The van der Waals surface area contributed by atoms with Gasteiger partial charge in [-0.25, -0.2) is 4.79 Å². The van der Waals surface area contributed by atoms with Crippen LogP contribution in [-0.2, 0) is 4.74 Å². The van der Waals surface area contributed by atoms with Gasteiger partial charge in [-0.2, -0.15) is 0 Å². The summed E-state index contributed by atoms with van der Waals surface area (Å²) in [5.74, 6) is 0.872. The van der Waals surface area contributed by atoms with Gasteiger partial charge in [-0.1, -0.05) is 27.7 Å². The molecule has 0 aliphatic heterocycles.